The summed E-state index contributed by atoms with van der Waals surface area (Å²) in [5, 5.41) is 17.2. The molecule has 0 aromatic rings. The van der Waals surface area contributed by atoms with E-state index in [0.29, 0.717) is 6.54 Å². The highest BCUT2D eigenvalue weighted by Crippen LogP contribution is 2.36. The average molecular weight is 495 g/mol. The number of likely N-dealkylation sites (tertiary alicyclic amines) is 1. The summed E-state index contributed by atoms with van der Waals surface area (Å²) in [7, 11) is 0. The van der Waals surface area contributed by atoms with Gasteiger partial charge in [-0.1, -0.05) is 32.6 Å². The topological polar surface area (TPSA) is 59.9 Å². The molecule has 0 radical (unpaired) electrons. The molecule has 0 amide bonds. The lowest BCUT2D eigenvalue weighted by atomic mass is 9.73. The highest BCUT2D eigenvalue weighted by Gasteiger charge is 2.35. The highest BCUT2D eigenvalue weighted by molar-refractivity contribution is 14.0. The lowest BCUT2D eigenvalue weighted by molar-refractivity contribution is 0.00716. The quantitative estimate of drug-likeness (QED) is 0.198. The Morgan fingerprint density at radius 3 is 2.56 bits per heavy atom. The van der Waals surface area contributed by atoms with E-state index in [-0.39, 0.29) is 35.5 Å². The summed E-state index contributed by atoms with van der Waals surface area (Å²) in [6.45, 7) is 10.7. The normalized spacial score (nSPS) is 27.1. The van der Waals surface area contributed by atoms with Crippen molar-refractivity contribution in [2.45, 2.75) is 84.2 Å². The number of guanidine groups is 1. The van der Waals surface area contributed by atoms with Crippen molar-refractivity contribution < 1.29 is 5.11 Å². The SMILES string of the molecule is CCNC(=NCC1(C)CCCCC1O)NCCCCCN1CCCCC1.I. The molecule has 1 aliphatic carbocycles. The zero-order chi connectivity index (χ0) is 18.7. The van der Waals surface area contributed by atoms with Crippen LogP contribution < -0.4 is 10.6 Å². The molecule has 1 aliphatic heterocycles. The van der Waals surface area contributed by atoms with E-state index in [1.807, 2.05) is 0 Å². The molecule has 2 rings (SSSR count). The maximum absolute atomic E-state index is 10.3. The van der Waals surface area contributed by atoms with Crippen LogP contribution in [-0.4, -0.2) is 61.3 Å². The van der Waals surface area contributed by atoms with E-state index < -0.39 is 0 Å². The Bertz CT molecular complexity index is 415. The minimum Gasteiger partial charge on any atom is -0.392 e. The summed E-state index contributed by atoms with van der Waals surface area (Å²) >= 11 is 0. The number of aliphatic hydroxyl groups is 1. The Morgan fingerprint density at radius 2 is 1.85 bits per heavy atom. The predicted octanol–water partition coefficient (Wildman–Crippen LogP) is 3.76. The average Bonchev–Trinajstić information content (AvgIpc) is 2.66. The van der Waals surface area contributed by atoms with Crippen LogP contribution in [0.2, 0.25) is 0 Å². The molecule has 1 saturated carbocycles. The number of piperidine rings is 1. The van der Waals surface area contributed by atoms with Crippen LogP contribution in [-0.2, 0) is 0 Å². The summed E-state index contributed by atoms with van der Waals surface area (Å²) in [5.41, 5.74) is -0.0605. The summed E-state index contributed by atoms with van der Waals surface area (Å²) in [6, 6.07) is 0. The number of rotatable bonds is 9. The molecule has 5 nitrogen and oxygen atoms in total. The molecule has 3 N–H and O–H groups in total. The number of aliphatic hydroxyl groups excluding tert-OH is 1. The molecular formula is C21H43IN4O. The van der Waals surface area contributed by atoms with Crippen molar-refractivity contribution in [2.24, 2.45) is 10.4 Å². The van der Waals surface area contributed by atoms with Crippen molar-refractivity contribution in [1.82, 2.24) is 15.5 Å². The Hall–Kier alpha value is -0.0800. The van der Waals surface area contributed by atoms with Gasteiger partial charge in [0.15, 0.2) is 5.96 Å². The van der Waals surface area contributed by atoms with Gasteiger partial charge in [0.2, 0.25) is 0 Å². The van der Waals surface area contributed by atoms with E-state index in [1.54, 1.807) is 0 Å². The number of hydrogen-bond acceptors (Lipinski definition) is 3. The number of hydrogen-bond donors (Lipinski definition) is 3. The van der Waals surface area contributed by atoms with E-state index in [0.717, 1.165) is 38.3 Å². The summed E-state index contributed by atoms with van der Waals surface area (Å²) < 4.78 is 0. The predicted molar refractivity (Wildman–Crippen MR) is 126 cm³/mol. The van der Waals surface area contributed by atoms with Gasteiger partial charge >= 0.3 is 0 Å². The minimum atomic E-state index is -0.210. The minimum absolute atomic E-state index is 0. The molecule has 2 aliphatic rings. The monoisotopic (exact) mass is 494 g/mol. The van der Waals surface area contributed by atoms with Gasteiger partial charge in [0.25, 0.3) is 0 Å². The first-order valence-corrected chi connectivity index (χ1v) is 11.1. The van der Waals surface area contributed by atoms with Gasteiger partial charge in [0.1, 0.15) is 0 Å². The zero-order valence-corrected chi connectivity index (χ0v) is 20.0. The molecule has 0 aromatic carbocycles. The number of halogens is 1. The van der Waals surface area contributed by atoms with Crippen molar-refractivity contribution >= 4 is 29.9 Å². The fourth-order valence-corrected chi connectivity index (χ4v) is 4.19. The highest BCUT2D eigenvalue weighted by atomic mass is 127. The van der Waals surface area contributed by atoms with Crippen LogP contribution in [0.5, 0.6) is 0 Å². The molecule has 160 valence electrons. The second-order valence-corrected chi connectivity index (χ2v) is 8.50. The first-order chi connectivity index (χ1) is 12.6. The van der Waals surface area contributed by atoms with Gasteiger partial charge in [0, 0.05) is 18.5 Å². The second-order valence-electron chi connectivity index (χ2n) is 8.50. The van der Waals surface area contributed by atoms with Gasteiger partial charge in [-0.2, -0.15) is 0 Å². The number of nitrogens with zero attached hydrogens (tertiary/aromatic N) is 2. The Labute approximate surface area is 184 Å². The van der Waals surface area contributed by atoms with E-state index in [2.05, 4.69) is 29.4 Å². The lowest BCUT2D eigenvalue weighted by Crippen LogP contribution is -2.42. The molecule has 0 spiro atoms. The summed E-state index contributed by atoms with van der Waals surface area (Å²) in [6.07, 6.45) is 12.1. The third-order valence-electron chi connectivity index (χ3n) is 6.11. The Morgan fingerprint density at radius 1 is 1.07 bits per heavy atom. The van der Waals surface area contributed by atoms with Crippen molar-refractivity contribution in [3.63, 3.8) is 0 Å². The van der Waals surface area contributed by atoms with Crippen molar-refractivity contribution in [3.8, 4) is 0 Å². The smallest absolute Gasteiger partial charge is 0.191 e. The van der Waals surface area contributed by atoms with Gasteiger partial charge in [0.05, 0.1) is 12.6 Å². The van der Waals surface area contributed by atoms with Crippen LogP contribution in [0.4, 0.5) is 0 Å². The van der Waals surface area contributed by atoms with Crippen LogP contribution >= 0.6 is 24.0 Å². The molecule has 2 atom stereocenters. The van der Waals surface area contributed by atoms with Gasteiger partial charge in [-0.05, 0) is 65.1 Å². The zero-order valence-electron chi connectivity index (χ0n) is 17.6. The maximum Gasteiger partial charge on any atom is 0.191 e. The third kappa shape index (κ3) is 9.31. The largest absolute Gasteiger partial charge is 0.392 e. The van der Waals surface area contributed by atoms with E-state index >= 15 is 0 Å². The molecule has 2 fully saturated rings. The number of nitrogens with one attached hydrogen (secondary N) is 2. The Balaban J connectivity index is 0.00000364. The van der Waals surface area contributed by atoms with Gasteiger partial charge in [-0.3, -0.25) is 4.99 Å². The molecule has 27 heavy (non-hydrogen) atoms. The second kappa shape index (κ2) is 14.0. The summed E-state index contributed by atoms with van der Waals surface area (Å²) in [4.78, 5) is 7.40. The fraction of sp³-hybridized carbons (Fsp3) is 0.952. The molecule has 0 bridgehead atoms. The van der Waals surface area contributed by atoms with Crippen LogP contribution in [0.3, 0.4) is 0 Å². The molecule has 0 aromatic heterocycles. The standard InChI is InChI=1S/C21H42N4O.HI/c1-3-22-20(24-18-21(2)13-7-6-12-19(21)26)23-14-8-4-9-15-25-16-10-5-11-17-25;/h19,26H,3-18H2,1-2H3,(H2,22,23,24);1H. The van der Waals surface area contributed by atoms with Crippen LogP contribution in [0.15, 0.2) is 4.99 Å². The number of aliphatic imine (C=N–C) groups is 1. The molecule has 1 saturated heterocycles. The van der Waals surface area contributed by atoms with Gasteiger partial charge in [-0.15, -0.1) is 24.0 Å². The van der Waals surface area contributed by atoms with Crippen molar-refractivity contribution in [2.75, 3.05) is 39.3 Å². The number of unbranched alkanes of at least 4 members (excludes halogenated alkanes) is 2. The Kier molecular flexibility index (Phi) is 12.9. The molecule has 1 heterocycles. The lowest BCUT2D eigenvalue weighted by Gasteiger charge is -2.37. The molecular weight excluding hydrogens is 451 g/mol. The van der Waals surface area contributed by atoms with Crippen LogP contribution in [0.1, 0.15) is 78.1 Å². The van der Waals surface area contributed by atoms with Gasteiger partial charge < -0.3 is 20.6 Å². The van der Waals surface area contributed by atoms with Crippen molar-refractivity contribution in [3.05, 3.63) is 0 Å². The molecule has 6 heteroatoms. The third-order valence-corrected chi connectivity index (χ3v) is 6.11. The molecule has 2 unspecified atom stereocenters. The van der Waals surface area contributed by atoms with Crippen LogP contribution in [0.25, 0.3) is 0 Å². The first-order valence-electron chi connectivity index (χ1n) is 11.1. The fourth-order valence-electron chi connectivity index (χ4n) is 4.19. The van der Waals surface area contributed by atoms with Gasteiger partial charge in [-0.25, -0.2) is 0 Å². The maximum atomic E-state index is 10.3. The van der Waals surface area contributed by atoms with Crippen LogP contribution in [0, 0.1) is 5.41 Å². The van der Waals surface area contributed by atoms with E-state index in [9.17, 15) is 5.11 Å². The van der Waals surface area contributed by atoms with E-state index in [1.165, 1.54) is 64.6 Å². The van der Waals surface area contributed by atoms with Crippen molar-refractivity contribution in [1.29, 1.82) is 0 Å². The summed E-state index contributed by atoms with van der Waals surface area (Å²) in [5.74, 6) is 0.905. The van der Waals surface area contributed by atoms with E-state index in [4.69, 9.17) is 4.99 Å². The first kappa shape index (κ1) is 25.0.